The van der Waals surface area contributed by atoms with Crippen molar-refractivity contribution < 1.29 is 9.53 Å². The number of rotatable bonds is 3. The Morgan fingerprint density at radius 3 is 2.69 bits per heavy atom. The number of H-pyrrole nitrogens is 2. The summed E-state index contributed by atoms with van der Waals surface area (Å²) in [4.78, 5) is 21.5. The SMILES string of the molecule is COc1ccc2[nH]cc(C3CCN(C(=O)c4cc5cc(Cl)ccc5[nH]4)CC3)c2c1. The number of hydrogen-bond donors (Lipinski definition) is 2. The minimum atomic E-state index is 0.0522. The zero-order chi connectivity index (χ0) is 20.0. The van der Waals surface area contributed by atoms with Crippen LogP contribution in [0.5, 0.6) is 5.75 Å². The summed E-state index contributed by atoms with van der Waals surface area (Å²) in [7, 11) is 1.69. The van der Waals surface area contributed by atoms with E-state index in [0.717, 1.165) is 48.1 Å². The second kappa shape index (κ2) is 7.16. The predicted octanol–water partition coefficient (Wildman–Crippen LogP) is 5.33. The molecule has 29 heavy (non-hydrogen) atoms. The van der Waals surface area contributed by atoms with Gasteiger partial charge >= 0.3 is 0 Å². The van der Waals surface area contributed by atoms with Crippen LogP contribution in [0.1, 0.15) is 34.8 Å². The number of piperidine rings is 1. The maximum atomic E-state index is 13.0. The van der Waals surface area contributed by atoms with E-state index in [1.165, 1.54) is 10.9 Å². The van der Waals surface area contributed by atoms with Gasteiger partial charge in [-0.2, -0.15) is 0 Å². The predicted molar refractivity (Wildman–Crippen MR) is 116 cm³/mol. The Hall–Kier alpha value is -2.92. The molecule has 2 aromatic carbocycles. The van der Waals surface area contributed by atoms with Crippen LogP contribution in [0.15, 0.2) is 48.7 Å². The number of ether oxygens (including phenoxy) is 1. The van der Waals surface area contributed by atoms with Crippen LogP contribution in [-0.2, 0) is 0 Å². The molecule has 0 unspecified atom stereocenters. The number of likely N-dealkylation sites (tertiary alicyclic amines) is 1. The van der Waals surface area contributed by atoms with Crippen molar-refractivity contribution in [3.63, 3.8) is 0 Å². The van der Waals surface area contributed by atoms with E-state index < -0.39 is 0 Å². The molecule has 0 radical (unpaired) electrons. The first-order chi connectivity index (χ1) is 14.1. The first-order valence-corrected chi connectivity index (χ1v) is 10.2. The topological polar surface area (TPSA) is 61.1 Å². The van der Waals surface area contributed by atoms with Crippen molar-refractivity contribution in [2.24, 2.45) is 0 Å². The van der Waals surface area contributed by atoms with Crippen LogP contribution in [0.4, 0.5) is 0 Å². The van der Waals surface area contributed by atoms with Gasteiger partial charge in [0.05, 0.1) is 7.11 Å². The van der Waals surface area contributed by atoms with Crippen LogP contribution in [0.3, 0.4) is 0 Å². The summed E-state index contributed by atoms with van der Waals surface area (Å²) in [6, 6.07) is 13.6. The molecular formula is C23H22ClN3O2. The zero-order valence-electron chi connectivity index (χ0n) is 16.2. The monoisotopic (exact) mass is 407 g/mol. The van der Waals surface area contributed by atoms with E-state index in [1.807, 2.05) is 35.2 Å². The minimum absolute atomic E-state index is 0.0522. The number of carbonyl (C=O) groups is 1. The van der Waals surface area contributed by atoms with Gasteiger partial charge in [0, 0.05) is 46.1 Å². The lowest BCUT2D eigenvalue weighted by Crippen LogP contribution is -2.38. The molecule has 1 saturated heterocycles. The van der Waals surface area contributed by atoms with Gasteiger partial charge in [-0.25, -0.2) is 0 Å². The molecule has 1 aliphatic heterocycles. The molecule has 0 saturated carbocycles. The normalized spacial score (nSPS) is 15.3. The van der Waals surface area contributed by atoms with E-state index >= 15 is 0 Å². The van der Waals surface area contributed by atoms with Gasteiger partial charge in [-0.05, 0) is 66.8 Å². The molecule has 1 aliphatic rings. The highest BCUT2D eigenvalue weighted by atomic mass is 35.5. The minimum Gasteiger partial charge on any atom is -0.497 e. The van der Waals surface area contributed by atoms with E-state index in [0.29, 0.717) is 16.6 Å². The molecule has 0 aliphatic carbocycles. The van der Waals surface area contributed by atoms with Crippen molar-refractivity contribution in [1.82, 2.24) is 14.9 Å². The molecule has 2 N–H and O–H groups in total. The molecular weight excluding hydrogens is 386 g/mol. The molecule has 1 amide bonds. The van der Waals surface area contributed by atoms with Crippen LogP contribution in [0.2, 0.25) is 5.02 Å². The van der Waals surface area contributed by atoms with E-state index in [2.05, 4.69) is 28.3 Å². The highest BCUT2D eigenvalue weighted by Crippen LogP contribution is 2.35. The van der Waals surface area contributed by atoms with Crippen molar-refractivity contribution in [2.75, 3.05) is 20.2 Å². The Morgan fingerprint density at radius 2 is 1.90 bits per heavy atom. The number of aromatic amines is 2. The summed E-state index contributed by atoms with van der Waals surface area (Å²) in [6.45, 7) is 1.49. The van der Waals surface area contributed by atoms with Gasteiger partial charge in [-0.1, -0.05) is 11.6 Å². The van der Waals surface area contributed by atoms with Gasteiger partial charge in [0.25, 0.3) is 5.91 Å². The Balaban J connectivity index is 1.32. The van der Waals surface area contributed by atoms with Crippen LogP contribution in [0.25, 0.3) is 21.8 Å². The highest BCUT2D eigenvalue weighted by molar-refractivity contribution is 6.31. The second-order valence-electron chi connectivity index (χ2n) is 7.64. The van der Waals surface area contributed by atoms with Gasteiger partial charge in [0.2, 0.25) is 0 Å². The number of fused-ring (bicyclic) bond motifs is 2. The lowest BCUT2D eigenvalue weighted by Gasteiger charge is -2.31. The number of nitrogens with zero attached hydrogens (tertiary/aromatic N) is 1. The summed E-state index contributed by atoms with van der Waals surface area (Å²) in [5, 5.41) is 2.84. The fraction of sp³-hybridized carbons (Fsp3) is 0.261. The molecule has 0 bridgehead atoms. The van der Waals surface area contributed by atoms with Crippen molar-refractivity contribution in [3.05, 3.63) is 64.9 Å². The summed E-state index contributed by atoms with van der Waals surface area (Å²) in [6.07, 6.45) is 4.00. The lowest BCUT2D eigenvalue weighted by atomic mass is 9.89. The molecule has 0 spiro atoms. The first-order valence-electron chi connectivity index (χ1n) is 9.85. The molecule has 6 heteroatoms. The number of benzene rings is 2. The molecule has 1 fully saturated rings. The van der Waals surface area contributed by atoms with Crippen molar-refractivity contribution in [2.45, 2.75) is 18.8 Å². The summed E-state index contributed by atoms with van der Waals surface area (Å²) in [5.74, 6) is 1.35. The van der Waals surface area contributed by atoms with E-state index in [-0.39, 0.29) is 5.91 Å². The number of aromatic nitrogens is 2. The van der Waals surface area contributed by atoms with Crippen LogP contribution in [0, 0.1) is 0 Å². The number of amides is 1. The molecule has 5 rings (SSSR count). The fourth-order valence-electron chi connectivity index (χ4n) is 4.37. The van der Waals surface area contributed by atoms with Gasteiger partial charge in [-0.3, -0.25) is 4.79 Å². The number of nitrogens with one attached hydrogen (secondary N) is 2. The molecule has 0 atom stereocenters. The quantitative estimate of drug-likeness (QED) is 0.482. The van der Waals surface area contributed by atoms with Gasteiger partial charge < -0.3 is 19.6 Å². The van der Waals surface area contributed by atoms with Crippen LogP contribution >= 0.6 is 11.6 Å². The van der Waals surface area contributed by atoms with Crippen molar-refractivity contribution in [3.8, 4) is 5.75 Å². The molecule has 2 aromatic heterocycles. The smallest absolute Gasteiger partial charge is 0.270 e. The van der Waals surface area contributed by atoms with Gasteiger partial charge in [0.1, 0.15) is 11.4 Å². The third-order valence-electron chi connectivity index (χ3n) is 5.96. The number of carbonyl (C=O) groups excluding carboxylic acids is 1. The standard InChI is InChI=1S/C23H22ClN3O2/c1-29-17-3-5-21-18(12-17)19(13-25-21)14-6-8-27(9-7-14)23(28)22-11-15-10-16(24)2-4-20(15)26-22/h2-5,10-14,25-26H,6-9H2,1H3. The third kappa shape index (κ3) is 3.25. The molecule has 3 heterocycles. The zero-order valence-corrected chi connectivity index (χ0v) is 16.9. The molecule has 148 valence electrons. The Morgan fingerprint density at radius 1 is 1.10 bits per heavy atom. The van der Waals surface area contributed by atoms with Crippen LogP contribution in [-0.4, -0.2) is 41.0 Å². The number of methoxy groups -OCH3 is 1. The fourth-order valence-corrected chi connectivity index (χ4v) is 4.55. The number of halogens is 1. The van der Waals surface area contributed by atoms with Crippen LogP contribution < -0.4 is 4.74 Å². The summed E-state index contributed by atoms with van der Waals surface area (Å²) >= 11 is 6.06. The van der Waals surface area contributed by atoms with Gasteiger partial charge in [-0.15, -0.1) is 0 Å². The Kier molecular flexibility index (Phi) is 4.47. The highest BCUT2D eigenvalue weighted by Gasteiger charge is 2.27. The third-order valence-corrected chi connectivity index (χ3v) is 6.19. The second-order valence-corrected chi connectivity index (χ2v) is 8.07. The molecule has 4 aromatic rings. The molecule has 5 nitrogen and oxygen atoms in total. The average molecular weight is 408 g/mol. The van der Waals surface area contributed by atoms with E-state index in [1.54, 1.807) is 7.11 Å². The van der Waals surface area contributed by atoms with Gasteiger partial charge in [0.15, 0.2) is 0 Å². The summed E-state index contributed by atoms with van der Waals surface area (Å²) < 4.78 is 5.39. The Labute approximate surface area is 173 Å². The maximum absolute atomic E-state index is 13.0. The Bertz CT molecular complexity index is 1200. The largest absolute Gasteiger partial charge is 0.497 e. The first kappa shape index (κ1) is 18.1. The maximum Gasteiger partial charge on any atom is 0.270 e. The number of hydrogen-bond acceptors (Lipinski definition) is 2. The van der Waals surface area contributed by atoms with E-state index in [4.69, 9.17) is 16.3 Å². The van der Waals surface area contributed by atoms with Crippen molar-refractivity contribution in [1.29, 1.82) is 0 Å². The summed E-state index contributed by atoms with van der Waals surface area (Å²) in [5.41, 5.74) is 3.99. The lowest BCUT2D eigenvalue weighted by molar-refractivity contribution is 0.0708. The van der Waals surface area contributed by atoms with E-state index in [9.17, 15) is 4.79 Å². The average Bonchev–Trinajstić information content (AvgIpc) is 3.36. The van der Waals surface area contributed by atoms with Crippen molar-refractivity contribution >= 4 is 39.3 Å².